The molecule has 0 aliphatic carbocycles. The van der Waals surface area contributed by atoms with Crippen molar-refractivity contribution in [1.29, 1.82) is 0 Å². The molecular formula is C20H28ClN3O3S. The molecule has 0 bridgehead atoms. The molecule has 0 unspecified atom stereocenters. The van der Waals surface area contributed by atoms with Gasteiger partial charge in [0.15, 0.2) is 5.16 Å². The van der Waals surface area contributed by atoms with E-state index >= 15 is 0 Å². The summed E-state index contributed by atoms with van der Waals surface area (Å²) in [5.74, 6) is 0.271. The predicted octanol–water partition coefficient (Wildman–Crippen LogP) is 3.83. The van der Waals surface area contributed by atoms with Crippen molar-refractivity contribution in [3.8, 4) is 0 Å². The Labute approximate surface area is 175 Å². The van der Waals surface area contributed by atoms with E-state index in [4.69, 9.17) is 16.3 Å². The van der Waals surface area contributed by atoms with E-state index in [0.717, 1.165) is 0 Å². The van der Waals surface area contributed by atoms with Crippen LogP contribution in [0.5, 0.6) is 0 Å². The van der Waals surface area contributed by atoms with Crippen LogP contribution in [0.25, 0.3) is 10.9 Å². The number of thioether (sulfide) groups is 1. The van der Waals surface area contributed by atoms with Gasteiger partial charge in [-0.25, -0.2) is 4.98 Å². The lowest BCUT2D eigenvalue weighted by atomic mass is 10.2. The summed E-state index contributed by atoms with van der Waals surface area (Å²) in [5, 5.41) is 1.58. The minimum Gasteiger partial charge on any atom is -0.379 e. The van der Waals surface area contributed by atoms with Gasteiger partial charge in [0.05, 0.1) is 22.8 Å². The molecule has 1 aromatic carbocycles. The molecule has 0 fully saturated rings. The molecule has 28 heavy (non-hydrogen) atoms. The minimum atomic E-state index is -0.121. The Morgan fingerprint density at radius 1 is 1.32 bits per heavy atom. The zero-order chi connectivity index (χ0) is 20.7. The Kier molecular flexibility index (Phi) is 8.79. The Bertz CT molecular complexity index is 866. The number of amides is 1. The van der Waals surface area contributed by atoms with E-state index in [-0.39, 0.29) is 23.3 Å². The predicted molar refractivity (Wildman–Crippen MR) is 115 cm³/mol. The van der Waals surface area contributed by atoms with Gasteiger partial charge in [0, 0.05) is 31.3 Å². The molecule has 0 saturated carbocycles. The van der Waals surface area contributed by atoms with Gasteiger partial charge in [0.25, 0.3) is 5.56 Å². The van der Waals surface area contributed by atoms with Crippen molar-refractivity contribution in [3.63, 3.8) is 0 Å². The van der Waals surface area contributed by atoms with Gasteiger partial charge in [-0.3, -0.25) is 14.2 Å². The highest BCUT2D eigenvalue weighted by molar-refractivity contribution is 7.99. The first-order valence-electron chi connectivity index (χ1n) is 9.59. The van der Waals surface area contributed by atoms with Crippen molar-refractivity contribution in [2.24, 2.45) is 0 Å². The third-order valence-corrected chi connectivity index (χ3v) is 5.50. The third-order valence-electron chi connectivity index (χ3n) is 4.30. The smallest absolute Gasteiger partial charge is 0.262 e. The molecule has 2 aromatic rings. The molecule has 0 radical (unpaired) electrons. The number of benzene rings is 1. The molecule has 2 rings (SSSR count). The van der Waals surface area contributed by atoms with Crippen LogP contribution in [0.2, 0.25) is 5.02 Å². The highest BCUT2D eigenvalue weighted by atomic mass is 35.5. The number of aromatic nitrogens is 2. The summed E-state index contributed by atoms with van der Waals surface area (Å²) in [6.07, 6.45) is 0.838. The largest absolute Gasteiger partial charge is 0.379 e. The van der Waals surface area contributed by atoms with Gasteiger partial charge in [-0.15, -0.1) is 0 Å². The van der Waals surface area contributed by atoms with Crippen molar-refractivity contribution in [3.05, 3.63) is 33.6 Å². The molecule has 6 nitrogen and oxygen atoms in total. The monoisotopic (exact) mass is 425 g/mol. The van der Waals surface area contributed by atoms with Crippen molar-refractivity contribution < 1.29 is 9.53 Å². The van der Waals surface area contributed by atoms with Crippen molar-refractivity contribution in [1.82, 2.24) is 14.5 Å². The van der Waals surface area contributed by atoms with Crippen LogP contribution in [0.3, 0.4) is 0 Å². The number of hydrogen-bond acceptors (Lipinski definition) is 5. The fourth-order valence-electron chi connectivity index (χ4n) is 2.82. The Balaban J connectivity index is 2.30. The first kappa shape index (κ1) is 22.7. The molecule has 0 atom stereocenters. The van der Waals surface area contributed by atoms with E-state index in [0.29, 0.717) is 53.7 Å². The molecule has 0 aliphatic rings. The van der Waals surface area contributed by atoms with E-state index in [9.17, 15) is 9.59 Å². The van der Waals surface area contributed by atoms with Crippen LogP contribution in [0, 0.1) is 0 Å². The maximum absolute atomic E-state index is 13.0. The first-order chi connectivity index (χ1) is 13.4. The lowest BCUT2D eigenvalue weighted by Gasteiger charge is -2.19. The quantitative estimate of drug-likeness (QED) is 0.329. The molecule has 154 valence electrons. The van der Waals surface area contributed by atoms with Gasteiger partial charge in [-0.2, -0.15) is 0 Å². The molecule has 0 aliphatic heterocycles. The number of rotatable bonds is 10. The minimum absolute atomic E-state index is 0.0325. The molecule has 1 aromatic heterocycles. The molecular weight excluding hydrogens is 398 g/mol. The molecule has 1 amide bonds. The fourth-order valence-corrected chi connectivity index (χ4v) is 3.91. The van der Waals surface area contributed by atoms with Gasteiger partial charge in [0.2, 0.25) is 5.91 Å². The van der Waals surface area contributed by atoms with Gasteiger partial charge in [0.1, 0.15) is 0 Å². The van der Waals surface area contributed by atoms with Gasteiger partial charge in [-0.1, -0.05) is 23.4 Å². The van der Waals surface area contributed by atoms with Crippen molar-refractivity contribution in [2.45, 2.75) is 51.9 Å². The maximum atomic E-state index is 13.0. The molecule has 8 heteroatoms. The van der Waals surface area contributed by atoms with Crippen LogP contribution in [-0.2, 0) is 16.1 Å². The highest BCUT2D eigenvalue weighted by Gasteiger charge is 2.16. The van der Waals surface area contributed by atoms with Crippen LogP contribution in [0.1, 0.15) is 34.1 Å². The zero-order valence-corrected chi connectivity index (χ0v) is 18.5. The molecule has 0 N–H and O–H groups in total. The summed E-state index contributed by atoms with van der Waals surface area (Å²) >= 11 is 7.36. The van der Waals surface area contributed by atoms with E-state index in [1.807, 2.05) is 27.7 Å². The lowest BCUT2D eigenvalue weighted by molar-refractivity contribution is -0.127. The summed E-state index contributed by atoms with van der Waals surface area (Å²) in [4.78, 5) is 31.8. The van der Waals surface area contributed by atoms with Crippen LogP contribution in [0.15, 0.2) is 28.2 Å². The lowest BCUT2D eigenvalue weighted by Crippen LogP contribution is -2.32. The van der Waals surface area contributed by atoms with E-state index in [1.54, 1.807) is 27.7 Å². The summed E-state index contributed by atoms with van der Waals surface area (Å²) in [6.45, 7) is 10.2. The number of fused-ring (bicyclic) bond motifs is 1. The van der Waals surface area contributed by atoms with Crippen LogP contribution >= 0.6 is 23.4 Å². The van der Waals surface area contributed by atoms with Crippen LogP contribution < -0.4 is 5.56 Å². The molecule has 0 spiro atoms. The number of hydrogen-bond donors (Lipinski definition) is 0. The molecule has 1 heterocycles. The Morgan fingerprint density at radius 2 is 2.04 bits per heavy atom. The van der Waals surface area contributed by atoms with Crippen LogP contribution in [0.4, 0.5) is 0 Å². The van der Waals surface area contributed by atoms with Gasteiger partial charge < -0.3 is 9.64 Å². The average Bonchev–Trinajstić information content (AvgIpc) is 2.65. The second-order valence-corrected chi connectivity index (χ2v) is 8.02. The normalized spacial score (nSPS) is 11.4. The number of nitrogens with zero attached hydrogens (tertiary/aromatic N) is 3. The van der Waals surface area contributed by atoms with Gasteiger partial charge >= 0.3 is 0 Å². The zero-order valence-electron chi connectivity index (χ0n) is 16.9. The SMILES string of the molecule is CCN(CC)C(=O)CSc1nc2cc(Cl)ccc2c(=O)n1CCCOC(C)C. The number of ether oxygens (including phenoxy) is 1. The third kappa shape index (κ3) is 5.96. The summed E-state index contributed by atoms with van der Waals surface area (Å²) < 4.78 is 7.22. The summed E-state index contributed by atoms with van der Waals surface area (Å²) in [7, 11) is 0. The first-order valence-corrected chi connectivity index (χ1v) is 11.0. The van der Waals surface area contributed by atoms with Crippen molar-refractivity contribution >= 4 is 40.2 Å². The fraction of sp³-hybridized carbons (Fsp3) is 0.550. The summed E-state index contributed by atoms with van der Waals surface area (Å²) in [5.41, 5.74) is 0.425. The summed E-state index contributed by atoms with van der Waals surface area (Å²) in [6, 6.07) is 5.07. The standard InChI is InChI=1S/C20H28ClN3O3S/c1-5-23(6-2)18(25)13-28-20-22-17-12-15(21)8-9-16(17)19(26)24(20)10-7-11-27-14(3)4/h8-9,12,14H,5-7,10-11,13H2,1-4H3. The number of carbonyl (C=O) groups is 1. The van der Waals surface area contributed by atoms with E-state index < -0.39 is 0 Å². The molecule has 0 saturated heterocycles. The van der Waals surface area contributed by atoms with Crippen LogP contribution in [-0.4, -0.2) is 51.9 Å². The maximum Gasteiger partial charge on any atom is 0.262 e. The van der Waals surface area contributed by atoms with Crippen molar-refractivity contribution in [2.75, 3.05) is 25.4 Å². The van der Waals surface area contributed by atoms with E-state index in [1.165, 1.54) is 11.8 Å². The average molecular weight is 426 g/mol. The number of halogens is 1. The Morgan fingerprint density at radius 3 is 2.68 bits per heavy atom. The number of carbonyl (C=O) groups excluding carboxylic acids is 1. The second-order valence-electron chi connectivity index (χ2n) is 6.64. The van der Waals surface area contributed by atoms with E-state index in [2.05, 4.69) is 4.98 Å². The second kappa shape index (κ2) is 10.8. The topological polar surface area (TPSA) is 64.4 Å². The highest BCUT2D eigenvalue weighted by Crippen LogP contribution is 2.21. The van der Waals surface area contributed by atoms with Gasteiger partial charge in [-0.05, 0) is 52.3 Å². The Hall–Kier alpha value is -1.57.